The molecule has 0 fully saturated rings. The lowest BCUT2D eigenvalue weighted by molar-refractivity contribution is -0.116. The van der Waals surface area contributed by atoms with E-state index >= 15 is 0 Å². The number of para-hydroxylation sites is 1. The van der Waals surface area contributed by atoms with Gasteiger partial charge in [-0.1, -0.05) is 29.8 Å². The van der Waals surface area contributed by atoms with Gasteiger partial charge in [-0.15, -0.1) is 0 Å². The number of ether oxygens (including phenoxy) is 1. The highest BCUT2D eigenvalue weighted by Gasteiger charge is 2.30. The molecular weight excluding hydrogens is 392 g/mol. The number of nitrogens with one attached hydrogen (secondary N) is 1. The largest absolute Gasteiger partial charge is 0.465 e. The number of rotatable bonds is 6. The number of esters is 1. The Morgan fingerprint density at radius 3 is 2.41 bits per heavy atom. The number of hydrogen-bond acceptors (Lipinski definition) is 5. The van der Waals surface area contributed by atoms with Crippen molar-refractivity contribution >= 4 is 44.9 Å². The number of halogens is 1. The van der Waals surface area contributed by atoms with Crippen molar-refractivity contribution in [1.29, 1.82) is 0 Å². The van der Waals surface area contributed by atoms with Crippen molar-refractivity contribution in [2.75, 3.05) is 23.0 Å². The van der Waals surface area contributed by atoms with Crippen LogP contribution in [0.25, 0.3) is 0 Å². The SMILES string of the molecule is COC(=O)c1ccccc1NC(=O)[C@@H](C)N(c1cccc(Cl)c1)S(C)(=O)=O. The molecular formula is C18H19ClN2O5S. The lowest BCUT2D eigenvalue weighted by Crippen LogP contribution is -2.45. The van der Waals surface area contributed by atoms with Gasteiger partial charge in [-0.25, -0.2) is 13.2 Å². The summed E-state index contributed by atoms with van der Waals surface area (Å²) in [5.41, 5.74) is 0.642. The monoisotopic (exact) mass is 410 g/mol. The molecule has 2 aromatic carbocycles. The molecule has 1 atom stereocenters. The second-order valence-electron chi connectivity index (χ2n) is 5.74. The van der Waals surface area contributed by atoms with Gasteiger partial charge in [0, 0.05) is 5.02 Å². The zero-order valence-corrected chi connectivity index (χ0v) is 16.5. The molecule has 0 aliphatic rings. The smallest absolute Gasteiger partial charge is 0.339 e. The third kappa shape index (κ3) is 4.99. The summed E-state index contributed by atoms with van der Waals surface area (Å²) in [6.45, 7) is 1.44. The Bertz CT molecular complexity index is 962. The lowest BCUT2D eigenvalue weighted by Gasteiger charge is -2.28. The Kier molecular flexibility index (Phi) is 6.45. The van der Waals surface area contributed by atoms with E-state index in [-0.39, 0.29) is 16.9 Å². The second kappa shape index (κ2) is 8.41. The zero-order valence-electron chi connectivity index (χ0n) is 15.0. The Balaban J connectivity index is 2.36. The Morgan fingerprint density at radius 1 is 1.15 bits per heavy atom. The molecule has 0 spiro atoms. The summed E-state index contributed by atoms with van der Waals surface area (Å²) in [6, 6.07) is 11.4. The molecule has 7 nitrogen and oxygen atoms in total. The fraction of sp³-hybridized carbons (Fsp3) is 0.222. The van der Waals surface area contributed by atoms with E-state index in [1.165, 1.54) is 32.2 Å². The first-order chi connectivity index (χ1) is 12.6. The Morgan fingerprint density at radius 2 is 1.81 bits per heavy atom. The van der Waals surface area contributed by atoms with Crippen LogP contribution in [0.4, 0.5) is 11.4 Å². The van der Waals surface area contributed by atoms with E-state index in [1.54, 1.807) is 30.3 Å². The van der Waals surface area contributed by atoms with Crippen molar-refractivity contribution in [1.82, 2.24) is 0 Å². The zero-order chi connectivity index (χ0) is 20.2. The maximum Gasteiger partial charge on any atom is 0.339 e. The maximum atomic E-state index is 12.7. The minimum absolute atomic E-state index is 0.161. The third-order valence-corrected chi connectivity index (χ3v) is 5.22. The third-order valence-electron chi connectivity index (χ3n) is 3.74. The first-order valence-electron chi connectivity index (χ1n) is 7.88. The van der Waals surface area contributed by atoms with Crippen LogP contribution >= 0.6 is 11.6 Å². The van der Waals surface area contributed by atoms with E-state index in [0.717, 1.165) is 10.6 Å². The molecule has 0 aromatic heterocycles. The molecule has 0 heterocycles. The summed E-state index contributed by atoms with van der Waals surface area (Å²) in [6.07, 6.45) is 1.00. The van der Waals surface area contributed by atoms with Crippen LogP contribution in [0.2, 0.25) is 5.02 Å². The molecule has 0 unspecified atom stereocenters. The summed E-state index contributed by atoms with van der Waals surface area (Å²) < 4.78 is 30.2. The van der Waals surface area contributed by atoms with Gasteiger partial charge in [-0.05, 0) is 37.3 Å². The average Bonchev–Trinajstić information content (AvgIpc) is 2.60. The number of hydrogen-bond donors (Lipinski definition) is 1. The van der Waals surface area contributed by atoms with Gasteiger partial charge in [0.2, 0.25) is 15.9 Å². The van der Waals surface area contributed by atoms with Crippen molar-refractivity contribution in [2.24, 2.45) is 0 Å². The van der Waals surface area contributed by atoms with Gasteiger partial charge >= 0.3 is 5.97 Å². The first kappa shape index (κ1) is 20.7. The average molecular weight is 411 g/mol. The van der Waals surface area contributed by atoms with Gasteiger partial charge in [0.25, 0.3) is 0 Å². The van der Waals surface area contributed by atoms with Crippen molar-refractivity contribution in [3.05, 3.63) is 59.1 Å². The van der Waals surface area contributed by atoms with Crippen LogP contribution in [-0.2, 0) is 19.6 Å². The fourth-order valence-electron chi connectivity index (χ4n) is 2.54. The van der Waals surface area contributed by atoms with Gasteiger partial charge in [0.05, 0.1) is 30.3 Å². The number of anilines is 2. The molecule has 2 rings (SSSR count). The van der Waals surface area contributed by atoms with Crippen LogP contribution in [0.1, 0.15) is 17.3 Å². The minimum Gasteiger partial charge on any atom is -0.465 e. The van der Waals surface area contributed by atoms with E-state index in [0.29, 0.717) is 5.02 Å². The molecule has 9 heteroatoms. The van der Waals surface area contributed by atoms with Crippen LogP contribution < -0.4 is 9.62 Å². The van der Waals surface area contributed by atoms with Gasteiger partial charge in [-0.2, -0.15) is 0 Å². The van der Waals surface area contributed by atoms with Crippen molar-refractivity contribution in [3.63, 3.8) is 0 Å². The van der Waals surface area contributed by atoms with Crippen LogP contribution in [0.15, 0.2) is 48.5 Å². The van der Waals surface area contributed by atoms with Crippen LogP contribution in [-0.4, -0.2) is 39.7 Å². The molecule has 27 heavy (non-hydrogen) atoms. The summed E-state index contributed by atoms with van der Waals surface area (Å²) in [5, 5.41) is 2.92. The first-order valence-corrected chi connectivity index (χ1v) is 10.1. The van der Waals surface area contributed by atoms with Crippen LogP contribution in [0, 0.1) is 0 Å². The number of amides is 1. The number of nitrogens with zero attached hydrogens (tertiary/aromatic N) is 1. The summed E-state index contributed by atoms with van der Waals surface area (Å²) in [4.78, 5) is 24.6. The maximum absolute atomic E-state index is 12.7. The molecule has 2 aromatic rings. The Labute approximate surface area is 162 Å². The fourth-order valence-corrected chi connectivity index (χ4v) is 3.89. The number of methoxy groups -OCH3 is 1. The lowest BCUT2D eigenvalue weighted by atomic mass is 10.1. The minimum atomic E-state index is -3.78. The topological polar surface area (TPSA) is 92.8 Å². The number of sulfonamides is 1. The molecule has 0 saturated heterocycles. The van der Waals surface area contributed by atoms with E-state index < -0.39 is 27.9 Å². The molecule has 0 bridgehead atoms. The van der Waals surface area contributed by atoms with E-state index in [1.807, 2.05) is 0 Å². The summed E-state index contributed by atoms with van der Waals surface area (Å²) in [5.74, 6) is -1.23. The second-order valence-corrected chi connectivity index (χ2v) is 8.04. The highest BCUT2D eigenvalue weighted by Crippen LogP contribution is 2.25. The molecule has 0 aliphatic carbocycles. The molecule has 1 N–H and O–H groups in total. The Hall–Kier alpha value is -2.58. The van der Waals surface area contributed by atoms with Crippen LogP contribution in [0.3, 0.4) is 0 Å². The predicted octanol–water partition coefficient (Wildman–Crippen LogP) is 2.92. The van der Waals surface area contributed by atoms with E-state index in [2.05, 4.69) is 5.32 Å². The van der Waals surface area contributed by atoms with Crippen molar-refractivity contribution in [2.45, 2.75) is 13.0 Å². The van der Waals surface area contributed by atoms with Gasteiger partial charge in [-0.3, -0.25) is 9.10 Å². The predicted molar refractivity (Wildman–Crippen MR) is 105 cm³/mol. The molecule has 144 valence electrons. The van der Waals surface area contributed by atoms with E-state index in [4.69, 9.17) is 16.3 Å². The number of benzene rings is 2. The van der Waals surface area contributed by atoms with Gasteiger partial charge in [0.1, 0.15) is 6.04 Å². The number of carbonyl (C=O) groups excluding carboxylic acids is 2. The highest BCUT2D eigenvalue weighted by molar-refractivity contribution is 7.92. The molecule has 0 aliphatic heterocycles. The highest BCUT2D eigenvalue weighted by atomic mass is 35.5. The van der Waals surface area contributed by atoms with Gasteiger partial charge in [0.15, 0.2) is 0 Å². The number of carbonyl (C=O) groups is 2. The van der Waals surface area contributed by atoms with Crippen LogP contribution in [0.5, 0.6) is 0 Å². The molecule has 0 radical (unpaired) electrons. The van der Waals surface area contributed by atoms with Crippen molar-refractivity contribution < 1.29 is 22.7 Å². The summed E-state index contributed by atoms with van der Waals surface area (Å²) in [7, 11) is -2.55. The van der Waals surface area contributed by atoms with Crippen molar-refractivity contribution in [3.8, 4) is 0 Å². The molecule has 1 amide bonds. The molecule has 0 saturated carbocycles. The normalized spacial score (nSPS) is 12.1. The quantitative estimate of drug-likeness (QED) is 0.739. The van der Waals surface area contributed by atoms with Gasteiger partial charge < -0.3 is 10.1 Å². The standard InChI is InChI=1S/C18H19ClN2O5S/c1-12(21(27(3,24)25)14-8-6-7-13(19)11-14)17(22)20-16-10-5-4-9-15(16)18(23)26-2/h4-12H,1-3H3,(H,20,22)/t12-/m1/s1. The van der Waals surface area contributed by atoms with E-state index in [9.17, 15) is 18.0 Å². The summed E-state index contributed by atoms with van der Waals surface area (Å²) >= 11 is 5.95.